The number of aromatic nitrogens is 1. The molecule has 0 saturated carbocycles. The molecule has 0 aliphatic heterocycles. The molecule has 0 saturated heterocycles. The summed E-state index contributed by atoms with van der Waals surface area (Å²) < 4.78 is 13.6. The number of fused-ring (bicyclic) bond motifs is 1. The topological polar surface area (TPSA) is 60.7 Å². The fourth-order valence-electron chi connectivity index (χ4n) is 3.65. The second-order valence-corrected chi connectivity index (χ2v) is 7.27. The van der Waals surface area contributed by atoms with Gasteiger partial charge in [0.1, 0.15) is 5.75 Å². The van der Waals surface area contributed by atoms with Gasteiger partial charge in [-0.1, -0.05) is 36.4 Å². The van der Waals surface area contributed by atoms with E-state index in [1.807, 2.05) is 79.9 Å². The lowest BCUT2D eigenvalue weighted by Crippen LogP contribution is -2.00. The number of hydrogen-bond acceptors (Lipinski definition) is 3. The molecule has 5 nitrogen and oxygen atoms in total. The zero-order chi connectivity index (χ0) is 21.1. The molecule has 1 N–H and O–H groups in total. The quantitative estimate of drug-likeness (QED) is 0.449. The van der Waals surface area contributed by atoms with Crippen molar-refractivity contribution in [2.24, 2.45) is 0 Å². The molecule has 0 fully saturated rings. The third-order valence-corrected chi connectivity index (χ3v) is 5.01. The summed E-state index contributed by atoms with van der Waals surface area (Å²) in [5.41, 5.74) is 3.98. The highest BCUT2D eigenvalue weighted by Crippen LogP contribution is 2.33. The van der Waals surface area contributed by atoms with Crippen LogP contribution in [0.1, 0.15) is 16.7 Å². The third kappa shape index (κ3) is 4.15. The van der Waals surface area contributed by atoms with Gasteiger partial charge in [0, 0.05) is 23.6 Å². The Morgan fingerprint density at radius 3 is 2.63 bits per heavy atom. The molecule has 0 bridgehead atoms. The normalized spacial score (nSPS) is 10.9. The first-order valence-corrected chi connectivity index (χ1v) is 9.73. The van der Waals surface area contributed by atoms with E-state index in [0.717, 1.165) is 33.3 Å². The van der Waals surface area contributed by atoms with Crippen LogP contribution in [0, 0.1) is 6.92 Å². The summed E-state index contributed by atoms with van der Waals surface area (Å²) >= 11 is 0. The number of rotatable bonds is 7. The second kappa shape index (κ2) is 8.33. The highest BCUT2D eigenvalue weighted by atomic mass is 16.5. The van der Waals surface area contributed by atoms with Crippen molar-refractivity contribution in [3.8, 4) is 17.2 Å². The van der Waals surface area contributed by atoms with Crippen LogP contribution in [0.5, 0.6) is 17.2 Å². The number of carbonyl (C=O) groups is 1. The Hall–Kier alpha value is -3.73. The number of aryl methyl sites for hydroxylation is 1. The summed E-state index contributed by atoms with van der Waals surface area (Å²) in [6.45, 7) is 2.62. The molecular formula is C25H23NO4. The average Bonchev–Trinajstić information content (AvgIpc) is 3.05. The SMILES string of the molecule is COc1ccc(C)cc1Oc1cccc(Cn2cc(CC(=O)O)c3ccccc32)c1. The van der Waals surface area contributed by atoms with Gasteiger partial charge in [-0.15, -0.1) is 0 Å². The molecule has 0 aliphatic carbocycles. The Kier molecular flexibility index (Phi) is 5.44. The summed E-state index contributed by atoms with van der Waals surface area (Å²) in [4.78, 5) is 11.2. The minimum Gasteiger partial charge on any atom is -0.493 e. The van der Waals surface area contributed by atoms with Crippen LogP contribution in [0.2, 0.25) is 0 Å². The fraction of sp³-hybridized carbons (Fsp3) is 0.160. The van der Waals surface area contributed by atoms with Crippen LogP contribution in [0.4, 0.5) is 0 Å². The second-order valence-electron chi connectivity index (χ2n) is 7.27. The van der Waals surface area contributed by atoms with Gasteiger partial charge >= 0.3 is 5.97 Å². The largest absolute Gasteiger partial charge is 0.493 e. The lowest BCUT2D eigenvalue weighted by atomic mass is 10.1. The molecule has 152 valence electrons. The van der Waals surface area contributed by atoms with Crippen LogP contribution >= 0.6 is 0 Å². The van der Waals surface area contributed by atoms with Gasteiger partial charge in [0.25, 0.3) is 0 Å². The zero-order valence-corrected chi connectivity index (χ0v) is 17.0. The number of nitrogens with zero attached hydrogens (tertiary/aromatic N) is 1. The summed E-state index contributed by atoms with van der Waals surface area (Å²) in [6.07, 6.45) is 1.93. The van der Waals surface area contributed by atoms with E-state index < -0.39 is 5.97 Å². The van der Waals surface area contributed by atoms with Gasteiger partial charge in [-0.2, -0.15) is 0 Å². The average molecular weight is 401 g/mol. The highest BCUT2D eigenvalue weighted by Gasteiger charge is 2.12. The maximum absolute atomic E-state index is 11.2. The number of carboxylic acids is 1. The molecule has 1 heterocycles. The first-order valence-electron chi connectivity index (χ1n) is 9.73. The molecule has 0 aliphatic rings. The zero-order valence-electron chi connectivity index (χ0n) is 17.0. The lowest BCUT2D eigenvalue weighted by Gasteiger charge is -2.12. The van der Waals surface area contributed by atoms with Gasteiger partial charge in [0.2, 0.25) is 0 Å². The molecule has 0 spiro atoms. The molecule has 5 heteroatoms. The van der Waals surface area contributed by atoms with Crippen molar-refractivity contribution in [3.05, 3.63) is 89.6 Å². The number of benzene rings is 3. The Morgan fingerprint density at radius 2 is 1.83 bits per heavy atom. The third-order valence-electron chi connectivity index (χ3n) is 5.01. The Labute approximate surface area is 175 Å². The van der Waals surface area contributed by atoms with Crippen molar-refractivity contribution >= 4 is 16.9 Å². The maximum Gasteiger partial charge on any atom is 0.307 e. The first kappa shape index (κ1) is 19.6. The smallest absolute Gasteiger partial charge is 0.307 e. The molecule has 0 unspecified atom stereocenters. The summed E-state index contributed by atoms with van der Waals surface area (Å²) in [5.74, 6) is 1.24. The first-order chi connectivity index (χ1) is 14.5. The molecule has 3 aromatic carbocycles. The van der Waals surface area contributed by atoms with Crippen molar-refractivity contribution < 1.29 is 19.4 Å². The molecule has 4 aromatic rings. The van der Waals surface area contributed by atoms with Crippen molar-refractivity contribution in [3.63, 3.8) is 0 Å². The fourth-order valence-corrected chi connectivity index (χ4v) is 3.65. The van der Waals surface area contributed by atoms with E-state index in [9.17, 15) is 9.90 Å². The number of carboxylic acid groups (broad SMARTS) is 1. The standard InChI is InChI=1S/C25H23NO4/c1-17-10-11-23(29-2)24(12-17)30-20-7-5-6-18(13-20)15-26-16-19(14-25(27)28)21-8-3-4-9-22(21)26/h3-13,16H,14-15H2,1-2H3,(H,27,28). The van der Waals surface area contributed by atoms with E-state index in [2.05, 4.69) is 4.57 Å². The van der Waals surface area contributed by atoms with Crippen LogP contribution in [0.15, 0.2) is 72.9 Å². The van der Waals surface area contributed by atoms with E-state index >= 15 is 0 Å². The summed E-state index contributed by atoms with van der Waals surface area (Å²) in [5, 5.41) is 10.2. The molecule has 0 amide bonds. The van der Waals surface area contributed by atoms with Gasteiger partial charge in [-0.25, -0.2) is 0 Å². The Bertz CT molecular complexity index is 1210. The minimum absolute atomic E-state index is 0.00379. The molecule has 0 radical (unpaired) electrons. The number of methoxy groups -OCH3 is 1. The monoisotopic (exact) mass is 401 g/mol. The maximum atomic E-state index is 11.2. The van der Waals surface area contributed by atoms with Gasteiger partial charge < -0.3 is 19.1 Å². The van der Waals surface area contributed by atoms with E-state index in [4.69, 9.17) is 9.47 Å². The van der Waals surface area contributed by atoms with Gasteiger partial charge in [-0.05, 0) is 53.9 Å². The predicted molar refractivity (Wildman–Crippen MR) is 117 cm³/mol. The van der Waals surface area contributed by atoms with Crippen molar-refractivity contribution in [2.45, 2.75) is 19.9 Å². The lowest BCUT2D eigenvalue weighted by molar-refractivity contribution is -0.136. The van der Waals surface area contributed by atoms with E-state index in [0.29, 0.717) is 18.0 Å². The number of ether oxygens (including phenoxy) is 2. The molecular weight excluding hydrogens is 378 g/mol. The van der Waals surface area contributed by atoms with Crippen LogP contribution < -0.4 is 9.47 Å². The van der Waals surface area contributed by atoms with Crippen molar-refractivity contribution in [1.29, 1.82) is 0 Å². The van der Waals surface area contributed by atoms with E-state index in [1.165, 1.54) is 0 Å². The van der Waals surface area contributed by atoms with Crippen LogP contribution in [0.3, 0.4) is 0 Å². The summed E-state index contributed by atoms with van der Waals surface area (Å²) in [7, 11) is 1.62. The van der Waals surface area contributed by atoms with Crippen LogP contribution in [-0.4, -0.2) is 22.8 Å². The molecule has 4 rings (SSSR count). The van der Waals surface area contributed by atoms with Gasteiger partial charge in [-0.3, -0.25) is 4.79 Å². The minimum atomic E-state index is -0.833. The van der Waals surface area contributed by atoms with Gasteiger partial charge in [0.15, 0.2) is 11.5 Å². The van der Waals surface area contributed by atoms with E-state index in [1.54, 1.807) is 7.11 Å². The predicted octanol–water partition coefficient (Wildman–Crippen LogP) is 5.43. The summed E-state index contributed by atoms with van der Waals surface area (Å²) in [6, 6.07) is 21.6. The molecule has 1 aromatic heterocycles. The number of hydrogen-bond donors (Lipinski definition) is 1. The van der Waals surface area contributed by atoms with Crippen LogP contribution in [-0.2, 0) is 17.8 Å². The Morgan fingerprint density at radius 1 is 1.00 bits per heavy atom. The van der Waals surface area contributed by atoms with Crippen molar-refractivity contribution in [1.82, 2.24) is 4.57 Å². The van der Waals surface area contributed by atoms with Gasteiger partial charge in [0.05, 0.1) is 13.5 Å². The van der Waals surface area contributed by atoms with E-state index in [-0.39, 0.29) is 6.42 Å². The van der Waals surface area contributed by atoms with Crippen molar-refractivity contribution in [2.75, 3.05) is 7.11 Å². The Balaban J connectivity index is 1.63. The molecule has 30 heavy (non-hydrogen) atoms. The number of para-hydroxylation sites is 1. The molecule has 0 atom stereocenters. The highest BCUT2D eigenvalue weighted by molar-refractivity contribution is 5.87. The van der Waals surface area contributed by atoms with Crippen LogP contribution in [0.25, 0.3) is 10.9 Å². The number of aliphatic carboxylic acids is 1.